The number of nitrogens with one attached hydrogen (secondary N) is 1. The summed E-state index contributed by atoms with van der Waals surface area (Å²) in [6, 6.07) is 0. The highest BCUT2D eigenvalue weighted by Crippen LogP contribution is 1.93. The van der Waals surface area contributed by atoms with Gasteiger partial charge in [0, 0.05) is 13.0 Å². The van der Waals surface area contributed by atoms with Crippen molar-refractivity contribution in [2.24, 2.45) is 0 Å². The molecule has 58 valence electrons. The van der Waals surface area contributed by atoms with Crippen LogP contribution in [0.4, 0.5) is 0 Å². The number of hydrogen-bond acceptors (Lipinski definition) is 1. The second-order valence-corrected chi connectivity index (χ2v) is 1.45. The first-order chi connectivity index (χ1) is 2.89. The van der Waals surface area contributed by atoms with Crippen molar-refractivity contribution in [2.45, 2.75) is 12.8 Å². The van der Waals surface area contributed by atoms with E-state index >= 15 is 0 Å². The molecule has 1 N–H and O–H groups in total. The Balaban J connectivity index is -0.000000120. The third-order valence-corrected chi connectivity index (χ3v) is 0.903. The fourth-order valence-corrected chi connectivity index (χ4v) is 0.565. The molecule has 1 aliphatic heterocycles. The average Bonchev–Trinajstić information content (AvgIpc) is 1.86. The summed E-state index contributed by atoms with van der Waals surface area (Å²) in [7, 11) is 0. The molecular weight excluding hydrogens is 318 g/mol. The highest BCUT2D eigenvalue weighted by atomic mass is 79.9. The number of carbonyl (C=O) groups excluding carboxylic acids is 1. The number of halogens is 3. The topological polar surface area (TPSA) is 29.1 Å². The fourth-order valence-electron chi connectivity index (χ4n) is 0.565. The largest absolute Gasteiger partial charge is 1.00 e. The van der Waals surface area contributed by atoms with Gasteiger partial charge >= 0.3 is 0 Å². The number of amides is 1. The molecule has 0 radical (unpaired) electrons. The van der Waals surface area contributed by atoms with Crippen LogP contribution in [0.2, 0.25) is 0 Å². The van der Waals surface area contributed by atoms with Crippen molar-refractivity contribution in [3.8, 4) is 0 Å². The Bertz CT molecular complexity index is 70.2. The van der Waals surface area contributed by atoms with Gasteiger partial charge in [-0.25, -0.2) is 0 Å². The highest BCUT2D eigenvalue weighted by Gasteiger charge is 2.05. The molecule has 0 saturated carbocycles. The Labute approximate surface area is 86.1 Å². The van der Waals surface area contributed by atoms with Gasteiger partial charge in [0.15, 0.2) is 0 Å². The molecule has 0 unspecified atom stereocenters. The molecule has 1 aliphatic rings. The van der Waals surface area contributed by atoms with E-state index in [9.17, 15) is 4.79 Å². The minimum atomic E-state index is 0. The molecule has 9 heavy (non-hydrogen) atoms. The molecule has 1 rings (SSSR count). The predicted molar refractivity (Wildman–Crippen MR) is 22.2 cm³/mol. The normalized spacial score (nSPS) is 14.0. The van der Waals surface area contributed by atoms with Crippen molar-refractivity contribution in [2.75, 3.05) is 6.54 Å². The van der Waals surface area contributed by atoms with E-state index in [-0.39, 0.29) is 56.9 Å². The van der Waals surface area contributed by atoms with Gasteiger partial charge in [-0.2, -0.15) is 0 Å². The smallest absolute Gasteiger partial charge is 0.220 e. The summed E-state index contributed by atoms with van der Waals surface area (Å²) in [5, 5.41) is 2.68. The first-order valence-electron chi connectivity index (χ1n) is 2.16. The third-order valence-electron chi connectivity index (χ3n) is 0.903. The molecule has 0 aromatic rings. The predicted octanol–water partition coefficient (Wildman–Crippen LogP) is -9.09. The maximum absolute atomic E-state index is 10.1. The van der Waals surface area contributed by atoms with Crippen molar-refractivity contribution < 1.29 is 55.7 Å². The minimum absolute atomic E-state index is 0. The van der Waals surface area contributed by atoms with Gasteiger partial charge in [-0.1, -0.05) is 0 Å². The summed E-state index contributed by atoms with van der Waals surface area (Å²) in [6.45, 7) is 0.888. The van der Waals surface area contributed by atoms with Crippen LogP contribution >= 0.6 is 0 Å². The van der Waals surface area contributed by atoms with Crippen LogP contribution in [0.3, 0.4) is 0 Å². The van der Waals surface area contributed by atoms with E-state index < -0.39 is 0 Å². The molecule has 0 atom stereocenters. The molecule has 2 nitrogen and oxygen atoms in total. The molecule has 0 aromatic carbocycles. The van der Waals surface area contributed by atoms with E-state index in [1.165, 1.54) is 0 Å². The minimum Gasteiger partial charge on any atom is -1.00 e. The summed E-state index contributed by atoms with van der Waals surface area (Å²) < 4.78 is 0. The van der Waals surface area contributed by atoms with E-state index in [2.05, 4.69) is 5.32 Å². The molecule has 1 saturated heterocycles. The lowest BCUT2D eigenvalue weighted by Gasteiger charge is -1.80. The Morgan fingerprint density at radius 1 is 1.22 bits per heavy atom. The van der Waals surface area contributed by atoms with Crippen LogP contribution < -0.4 is 56.3 Å². The highest BCUT2D eigenvalue weighted by molar-refractivity contribution is 5.77. The first kappa shape index (κ1) is 16.5. The van der Waals surface area contributed by atoms with E-state index in [0.29, 0.717) is 0 Å². The van der Waals surface area contributed by atoms with Crippen LogP contribution in [0.5, 0.6) is 0 Å². The van der Waals surface area contributed by atoms with Gasteiger partial charge in [0.05, 0.1) is 0 Å². The van der Waals surface area contributed by atoms with Crippen molar-refractivity contribution in [1.82, 2.24) is 5.32 Å². The Morgan fingerprint density at radius 3 is 1.89 bits per heavy atom. The molecule has 0 spiro atoms. The molecule has 0 aliphatic carbocycles. The zero-order valence-corrected chi connectivity index (χ0v) is 9.42. The fraction of sp³-hybridized carbons (Fsp3) is 0.750. The lowest BCUT2D eigenvalue weighted by Crippen LogP contribution is -3.00. The van der Waals surface area contributed by atoms with Gasteiger partial charge in [0.2, 0.25) is 5.91 Å². The van der Waals surface area contributed by atoms with E-state index in [1.54, 1.807) is 0 Å². The van der Waals surface area contributed by atoms with E-state index in [4.69, 9.17) is 0 Å². The van der Waals surface area contributed by atoms with Gasteiger partial charge < -0.3 is 56.3 Å². The lowest BCUT2D eigenvalue weighted by atomic mass is 10.4. The van der Waals surface area contributed by atoms with Crippen LogP contribution in [-0.2, 0) is 4.79 Å². The SMILES string of the molecule is O=C1CCCN1.[Br-].[Br-].[Br-]. The second kappa shape index (κ2) is 8.91. The van der Waals surface area contributed by atoms with Crippen LogP contribution in [0.1, 0.15) is 12.8 Å². The summed E-state index contributed by atoms with van der Waals surface area (Å²) >= 11 is 0. The summed E-state index contributed by atoms with van der Waals surface area (Å²) in [6.07, 6.45) is 1.76. The Hall–Kier alpha value is 0.910. The zero-order chi connectivity index (χ0) is 4.41. The van der Waals surface area contributed by atoms with Gasteiger partial charge in [-0.15, -0.1) is 0 Å². The molecule has 1 heterocycles. The third kappa shape index (κ3) is 6.80. The number of rotatable bonds is 0. The van der Waals surface area contributed by atoms with Crippen molar-refractivity contribution in [3.05, 3.63) is 0 Å². The monoisotopic (exact) mass is 322 g/mol. The molecule has 0 bridgehead atoms. The van der Waals surface area contributed by atoms with Crippen LogP contribution in [0.25, 0.3) is 0 Å². The lowest BCUT2D eigenvalue weighted by molar-refractivity contribution is -0.119. The Kier molecular flexibility index (Phi) is 16.3. The van der Waals surface area contributed by atoms with Gasteiger partial charge in [-0.3, -0.25) is 4.79 Å². The summed E-state index contributed by atoms with van der Waals surface area (Å²) in [5.74, 6) is 0.204. The van der Waals surface area contributed by atoms with Gasteiger partial charge in [0.25, 0.3) is 0 Å². The van der Waals surface area contributed by atoms with Crippen LogP contribution in [0, 0.1) is 0 Å². The second-order valence-electron chi connectivity index (χ2n) is 1.45. The van der Waals surface area contributed by atoms with Crippen molar-refractivity contribution in [1.29, 1.82) is 0 Å². The molecule has 1 amide bonds. The van der Waals surface area contributed by atoms with Gasteiger partial charge in [0.1, 0.15) is 0 Å². The number of hydrogen-bond donors (Lipinski definition) is 1. The quantitative estimate of drug-likeness (QED) is 0.471. The van der Waals surface area contributed by atoms with Crippen molar-refractivity contribution in [3.63, 3.8) is 0 Å². The van der Waals surface area contributed by atoms with E-state index in [0.717, 1.165) is 19.4 Å². The average molecular weight is 325 g/mol. The first-order valence-corrected chi connectivity index (χ1v) is 2.16. The Morgan fingerprint density at radius 2 is 1.78 bits per heavy atom. The maximum Gasteiger partial charge on any atom is 0.220 e. The van der Waals surface area contributed by atoms with Crippen LogP contribution in [0.15, 0.2) is 0 Å². The zero-order valence-electron chi connectivity index (χ0n) is 4.66. The molecule has 1 fully saturated rings. The molecule has 0 aromatic heterocycles. The number of carbonyl (C=O) groups is 1. The molecule has 5 heteroatoms. The molecular formula is C4H7Br3NO-3. The standard InChI is InChI=1S/C4H7NO.3BrH/c6-4-2-1-3-5-4;;;/h1-3H2,(H,5,6);3*1H/p-3. The summed E-state index contributed by atoms with van der Waals surface area (Å²) in [4.78, 5) is 10.1. The van der Waals surface area contributed by atoms with Crippen LogP contribution in [-0.4, -0.2) is 12.5 Å². The van der Waals surface area contributed by atoms with Gasteiger partial charge in [-0.05, 0) is 6.42 Å². The van der Waals surface area contributed by atoms with E-state index in [1.807, 2.05) is 0 Å². The summed E-state index contributed by atoms with van der Waals surface area (Å²) in [5.41, 5.74) is 0. The maximum atomic E-state index is 10.1. The van der Waals surface area contributed by atoms with Crippen molar-refractivity contribution >= 4 is 5.91 Å².